The van der Waals surface area contributed by atoms with Crippen LogP contribution in [0, 0.1) is 13.8 Å². The number of aryl methyl sites for hydroxylation is 2. The van der Waals surface area contributed by atoms with E-state index >= 15 is 0 Å². The molecule has 3 unspecified atom stereocenters. The monoisotopic (exact) mass is 1550 g/mol. The van der Waals surface area contributed by atoms with E-state index in [2.05, 4.69) is 86.3 Å². The maximum absolute atomic E-state index is 13.0. The van der Waals surface area contributed by atoms with E-state index in [1.807, 2.05) is 51.2 Å². The SMILES string of the molecule is CNCc1ccc(-c2cc(-c3nc(-c4ccc(S(=O)(=O)C5CCCNC5)cc4)cnc3C)on2)cc1.Cc1ncc(-c2ccc(S(=O)(=O)C3CCCNC3)cc2)nc1-c1cc(-c2ccc(O)cc2)no1.Nc1ncc(-c2ccc(S(=O)(=O)C3CCCNC3)cc2)nc1-c1cc(-c2ccc(CNC3CCOCC3)cc2)no1. The highest BCUT2D eigenvalue weighted by Crippen LogP contribution is 2.36. The smallest absolute Gasteiger partial charge is 0.189 e. The number of benzene rings is 6. The van der Waals surface area contributed by atoms with Crippen molar-refractivity contribution in [1.82, 2.24) is 72.0 Å². The van der Waals surface area contributed by atoms with E-state index in [0.717, 1.165) is 123 Å². The van der Waals surface area contributed by atoms with Crippen LogP contribution in [0.15, 0.2) is 211 Å². The van der Waals surface area contributed by atoms with Crippen molar-refractivity contribution < 1.29 is 48.7 Å². The van der Waals surface area contributed by atoms with Crippen molar-refractivity contribution in [2.45, 2.75) is 115 Å². The van der Waals surface area contributed by atoms with Crippen LogP contribution in [0.3, 0.4) is 0 Å². The first-order valence-corrected chi connectivity index (χ1v) is 41.8. The van der Waals surface area contributed by atoms with Gasteiger partial charge in [-0.25, -0.2) is 45.2 Å². The fraction of sp³-hybridized carbons (Fsp3) is 0.305. The molecule has 12 aromatic rings. The molecule has 4 aliphatic heterocycles. The summed E-state index contributed by atoms with van der Waals surface area (Å²) in [6, 6.07) is 49.4. The fourth-order valence-electron chi connectivity index (χ4n) is 13.8. The fourth-order valence-corrected chi connectivity index (χ4v) is 18.9. The number of rotatable bonds is 20. The first kappa shape index (κ1) is 77.1. The maximum Gasteiger partial charge on any atom is 0.189 e. The molecule has 4 saturated heterocycles. The van der Waals surface area contributed by atoms with Gasteiger partial charge in [0.1, 0.15) is 34.2 Å². The zero-order valence-corrected chi connectivity index (χ0v) is 64.2. The Labute approximate surface area is 644 Å². The molecule has 16 rings (SSSR count). The largest absolute Gasteiger partial charge is 0.508 e. The Hall–Kier alpha value is -10.6. The van der Waals surface area contributed by atoms with E-state index in [4.69, 9.17) is 34.0 Å². The molecule has 26 nitrogen and oxygen atoms in total. The minimum atomic E-state index is -3.40. The van der Waals surface area contributed by atoms with Crippen LogP contribution in [0.4, 0.5) is 5.82 Å². The summed E-state index contributed by atoms with van der Waals surface area (Å²) in [5.41, 5.74) is 20.2. The van der Waals surface area contributed by atoms with Crippen LogP contribution in [0.5, 0.6) is 5.75 Å². The lowest BCUT2D eigenvalue weighted by Crippen LogP contribution is -2.38. The molecular weight excluding hydrogens is 1470 g/mol. The number of ether oxygens (including phenoxy) is 1. The summed E-state index contributed by atoms with van der Waals surface area (Å²) >= 11 is 0. The molecule has 0 radical (unpaired) electrons. The van der Waals surface area contributed by atoms with Gasteiger partial charge in [-0.15, -0.1) is 0 Å². The molecule has 0 bridgehead atoms. The number of nitrogens with zero attached hydrogens (tertiary/aromatic N) is 9. The standard InChI is InChI=1S/C30H34N6O4S.C27H29N5O3S.C25H24N4O4S/c31-30-29(28-16-26(36-40-28)21-5-3-20(4-6-21)17-33-23-11-14-39-15-12-23)35-27(19-34-30)22-7-9-24(10-8-22)41(37,38)25-2-1-13-32-18-25;1-18-27(26-14-24(32-35-26)20-7-5-19(6-8-20)15-28-2)31-25(17-30-18)21-9-11-22(12-10-21)36(33,34)23-4-3-13-29-16-23;1-16-25(24-13-22(29-33-24)17-4-8-19(30)9-5-17)28-23(15-27-16)18-6-10-20(11-7-18)34(31,32)21-3-2-12-26-14-21/h3-10,16,19,23,25,32-33H,1-2,11-15,17-18H2,(H2,31,34);5-12,14,17,23,28-29H,3-4,13,15-16H2,1-2H3;4-11,13,15,21,26,30H,2-3,12,14H2,1H3. The van der Waals surface area contributed by atoms with Crippen LogP contribution in [-0.2, 0) is 47.3 Å². The summed E-state index contributed by atoms with van der Waals surface area (Å²) in [6.45, 7) is 11.0. The van der Waals surface area contributed by atoms with E-state index in [0.29, 0.717) is 128 Å². The van der Waals surface area contributed by atoms with Crippen LogP contribution in [0.2, 0.25) is 0 Å². The second-order valence-corrected chi connectivity index (χ2v) is 34.6. The number of hydrogen-bond acceptors (Lipinski definition) is 26. The molecule has 4 aliphatic rings. The summed E-state index contributed by atoms with van der Waals surface area (Å²) < 4.78 is 100. The van der Waals surface area contributed by atoms with Gasteiger partial charge in [0.05, 0.1) is 77.5 Å². The summed E-state index contributed by atoms with van der Waals surface area (Å²) in [4.78, 5) is 28.4. The van der Waals surface area contributed by atoms with Crippen LogP contribution >= 0.6 is 0 Å². The summed E-state index contributed by atoms with van der Waals surface area (Å²) in [5.74, 6) is 1.80. The topological polar surface area (TPSA) is 373 Å². The number of nitrogen functional groups attached to an aromatic ring is 1. The van der Waals surface area contributed by atoms with Crippen molar-refractivity contribution in [2.24, 2.45) is 0 Å². The molecule has 0 spiro atoms. The number of anilines is 1. The lowest BCUT2D eigenvalue weighted by molar-refractivity contribution is 0.0776. The molecule has 6 aromatic heterocycles. The molecule has 574 valence electrons. The molecule has 0 aliphatic carbocycles. The van der Waals surface area contributed by atoms with Crippen molar-refractivity contribution in [3.05, 3.63) is 205 Å². The number of phenolic OH excluding ortho intramolecular Hbond substituents is 1. The van der Waals surface area contributed by atoms with Crippen molar-refractivity contribution in [3.63, 3.8) is 0 Å². The Morgan fingerprint density at radius 1 is 0.432 bits per heavy atom. The van der Waals surface area contributed by atoms with Crippen LogP contribution < -0.4 is 32.3 Å². The third kappa shape index (κ3) is 18.2. The molecule has 3 atom stereocenters. The number of phenols is 1. The van der Waals surface area contributed by atoms with Crippen LogP contribution in [-0.4, -0.2) is 157 Å². The molecule has 4 fully saturated rings. The zero-order chi connectivity index (χ0) is 77.1. The number of piperidine rings is 3. The van der Waals surface area contributed by atoms with Gasteiger partial charge < -0.3 is 55.7 Å². The van der Waals surface area contributed by atoms with Gasteiger partial charge in [-0.05, 0) is 164 Å². The summed E-state index contributed by atoms with van der Waals surface area (Å²) in [6.07, 6.45) is 11.6. The van der Waals surface area contributed by atoms with Crippen molar-refractivity contribution in [1.29, 1.82) is 0 Å². The minimum Gasteiger partial charge on any atom is -0.508 e. The van der Waals surface area contributed by atoms with Gasteiger partial charge in [0.25, 0.3) is 0 Å². The van der Waals surface area contributed by atoms with Gasteiger partial charge in [0, 0.05) is 104 Å². The third-order valence-corrected chi connectivity index (χ3v) is 26.9. The zero-order valence-electron chi connectivity index (χ0n) is 61.7. The van der Waals surface area contributed by atoms with Gasteiger partial charge in [0.15, 0.2) is 58.3 Å². The molecule has 10 heterocycles. The van der Waals surface area contributed by atoms with Gasteiger partial charge in [-0.2, -0.15) is 0 Å². The predicted octanol–water partition coefficient (Wildman–Crippen LogP) is 11.9. The predicted molar refractivity (Wildman–Crippen MR) is 423 cm³/mol. The summed E-state index contributed by atoms with van der Waals surface area (Å²) in [7, 11) is -8.24. The lowest BCUT2D eigenvalue weighted by atomic mass is 10.1. The minimum absolute atomic E-state index is 0.177. The average molecular weight is 1550 g/mol. The Balaban J connectivity index is 0.000000139. The lowest BCUT2D eigenvalue weighted by Gasteiger charge is -2.23. The van der Waals surface area contributed by atoms with E-state index in [-0.39, 0.29) is 16.8 Å². The average Bonchev–Trinajstić information content (AvgIpc) is 1.24. The normalized spacial score (nSPS) is 17.1. The van der Waals surface area contributed by atoms with Gasteiger partial charge >= 0.3 is 0 Å². The first-order valence-electron chi connectivity index (χ1n) is 37.1. The van der Waals surface area contributed by atoms with Gasteiger partial charge in [0.2, 0.25) is 0 Å². The van der Waals surface area contributed by atoms with E-state index in [9.17, 15) is 30.4 Å². The van der Waals surface area contributed by atoms with Crippen LogP contribution in [0.1, 0.15) is 73.9 Å². The van der Waals surface area contributed by atoms with Gasteiger partial charge in [-0.1, -0.05) is 100 Å². The highest BCUT2D eigenvalue weighted by Gasteiger charge is 2.32. The number of hydrogen-bond donors (Lipinski definition) is 7. The third-order valence-electron chi connectivity index (χ3n) is 20.3. The number of aromatic hydroxyl groups is 1. The van der Waals surface area contributed by atoms with Crippen molar-refractivity contribution in [2.75, 3.05) is 65.3 Å². The van der Waals surface area contributed by atoms with E-state index < -0.39 is 40.0 Å². The second kappa shape index (κ2) is 34.8. The van der Waals surface area contributed by atoms with Gasteiger partial charge in [-0.3, -0.25) is 9.97 Å². The number of aromatic nitrogens is 9. The Bertz CT molecular complexity index is 5510. The maximum atomic E-state index is 13.0. The number of nitrogens with one attached hydrogen (secondary N) is 5. The summed E-state index contributed by atoms with van der Waals surface area (Å²) in [5, 5.41) is 37.2. The Morgan fingerprint density at radius 3 is 1.14 bits per heavy atom. The molecule has 29 heteroatoms. The molecule has 6 aromatic carbocycles. The Morgan fingerprint density at radius 2 is 0.766 bits per heavy atom. The molecule has 0 saturated carbocycles. The highest BCUT2D eigenvalue weighted by atomic mass is 32.2. The van der Waals surface area contributed by atoms with Crippen LogP contribution in [0.25, 0.3) is 102 Å². The van der Waals surface area contributed by atoms with Crippen molar-refractivity contribution >= 4 is 35.3 Å². The van der Waals surface area contributed by atoms with E-state index in [1.54, 1.807) is 128 Å². The number of nitrogens with two attached hydrogens (primary N) is 1. The molecule has 111 heavy (non-hydrogen) atoms. The van der Waals surface area contributed by atoms with E-state index in [1.165, 1.54) is 11.1 Å². The second-order valence-electron chi connectivity index (χ2n) is 27.9. The molecule has 0 amide bonds. The van der Waals surface area contributed by atoms with Crippen molar-refractivity contribution in [3.8, 4) is 108 Å². The first-order chi connectivity index (χ1) is 53.8. The molecule has 8 N–H and O–H groups in total. The Kier molecular flexibility index (Phi) is 24.2. The number of sulfone groups is 3. The molecular formula is C82H87N15O11S3. The highest BCUT2D eigenvalue weighted by molar-refractivity contribution is 7.92. The quantitative estimate of drug-likeness (QED) is 0.0373.